The van der Waals surface area contributed by atoms with Crippen molar-refractivity contribution in [3.63, 3.8) is 0 Å². The van der Waals surface area contributed by atoms with Crippen molar-refractivity contribution in [3.05, 3.63) is 29.6 Å². The third-order valence-corrected chi connectivity index (χ3v) is 3.36. The Morgan fingerprint density at radius 1 is 1.29 bits per heavy atom. The van der Waals surface area contributed by atoms with E-state index in [4.69, 9.17) is 0 Å². The van der Waals surface area contributed by atoms with E-state index < -0.39 is 0 Å². The SMILES string of the molecule is Cc1ccc(NC(=O)C2CCCCC2)c(F)c1. The molecule has 92 valence electrons. The van der Waals surface area contributed by atoms with Crippen molar-refractivity contribution >= 4 is 11.6 Å². The summed E-state index contributed by atoms with van der Waals surface area (Å²) in [5.41, 5.74) is 1.16. The monoisotopic (exact) mass is 235 g/mol. The van der Waals surface area contributed by atoms with Crippen LogP contribution in [0.5, 0.6) is 0 Å². The normalized spacial score (nSPS) is 16.8. The summed E-state index contributed by atoms with van der Waals surface area (Å²) in [6, 6.07) is 4.88. The van der Waals surface area contributed by atoms with Gasteiger partial charge in [-0.3, -0.25) is 4.79 Å². The molecule has 0 aromatic heterocycles. The Kier molecular flexibility index (Phi) is 3.77. The van der Waals surface area contributed by atoms with Gasteiger partial charge in [-0.05, 0) is 37.5 Å². The lowest BCUT2D eigenvalue weighted by Crippen LogP contribution is -2.25. The number of aryl methyl sites for hydroxylation is 1. The molecule has 1 fully saturated rings. The Balaban J connectivity index is 2.02. The van der Waals surface area contributed by atoms with Gasteiger partial charge < -0.3 is 5.32 Å². The maximum atomic E-state index is 13.6. The summed E-state index contributed by atoms with van der Waals surface area (Å²) >= 11 is 0. The van der Waals surface area contributed by atoms with Crippen molar-refractivity contribution in [1.82, 2.24) is 0 Å². The predicted octanol–water partition coefficient (Wildman–Crippen LogP) is 3.65. The number of rotatable bonds is 2. The average molecular weight is 235 g/mol. The summed E-state index contributed by atoms with van der Waals surface area (Å²) in [5, 5.41) is 2.69. The third-order valence-electron chi connectivity index (χ3n) is 3.36. The number of amides is 1. The van der Waals surface area contributed by atoms with Crippen LogP contribution in [0, 0.1) is 18.7 Å². The van der Waals surface area contributed by atoms with E-state index in [1.807, 2.05) is 6.92 Å². The minimum absolute atomic E-state index is 0.0348. The molecule has 0 bridgehead atoms. The number of hydrogen-bond acceptors (Lipinski definition) is 1. The Labute approximate surface area is 101 Å². The van der Waals surface area contributed by atoms with E-state index >= 15 is 0 Å². The third kappa shape index (κ3) is 3.05. The number of nitrogens with one attached hydrogen (secondary N) is 1. The Hall–Kier alpha value is -1.38. The highest BCUT2D eigenvalue weighted by Gasteiger charge is 2.21. The molecule has 1 aromatic rings. The highest BCUT2D eigenvalue weighted by atomic mass is 19.1. The van der Waals surface area contributed by atoms with Gasteiger partial charge in [0.05, 0.1) is 5.69 Å². The number of anilines is 1. The summed E-state index contributed by atoms with van der Waals surface area (Å²) in [5.74, 6) is -0.328. The average Bonchev–Trinajstić information content (AvgIpc) is 2.34. The summed E-state index contributed by atoms with van der Waals surface area (Å²) in [6.07, 6.45) is 5.28. The zero-order valence-corrected chi connectivity index (χ0v) is 10.1. The molecule has 1 saturated carbocycles. The molecule has 0 atom stereocenters. The van der Waals surface area contributed by atoms with E-state index in [9.17, 15) is 9.18 Å². The number of carbonyl (C=O) groups excluding carboxylic acids is 1. The number of benzene rings is 1. The molecule has 2 rings (SSSR count). The van der Waals surface area contributed by atoms with Crippen LogP contribution in [-0.4, -0.2) is 5.91 Å². The van der Waals surface area contributed by atoms with Gasteiger partial charge in [0, 0.05) is 5.92 Å². The number of halogens is 1. The lowest BCUT2D eigenvalue weighted by atomic mass is 9.88. The lowest BCUT2D eigenvalue weighted by Gasteiger charge is -2.20. The Morgan fingerprint density at radius 2 is 2.00 bits per heavy atom. The molecular weight excluding hydrogens is 217 g/mol. The highest BCUT2D eigenvalue weighted by molar-refractivity contribution is 5.92. The van der Waals surface area contributed by atoms with Gasteiger partial charge >= 0.3 is 0 Å². The van der Waals surface area contributed by atoms with Crippen LogP contribution < -0.4 is 5.32 Å². The molecule has 17 heavy (non-hydrogen) atoms. The van der Waals surface area contributed by atoms with E-state index in [0.717, 1.165) is 31.2 Å². The van der Waals surface area contributed by atoms with Gasteiger partial charge in [0.25, 0.3) is 0 Å². The first-order valence-corrected chi connectivity index (χ1v) is 6.24. The van der Waals surface area contributed by atoms with Crippen LogP contribution in [-0.2, 0) is 4.79 Å². The smallest absolute Gasteiger partial charge is 0.227 e. The van der Waals surface area contributed by atoms with Gasteiger partial charge in [0.2, 0.25) is 5.91 Å². The molecule has 0 radical (unpaired) electrons. The molecule has 1 aliphatic rings. The molecule has 3 heteroatoms. The molecule has 0 heterocycles. The first kappa shape index (κ1) is 12.1. The summed E-state index contributed by atoms with van der Waals surface area (Å²) < 4.78 is 13.6. The second kappa shape index (κ2) is 5.30. The van der Waals surface area contributed by atoms with Gasteiger partial charge in [-0.25, -0.2) is 4.39 Å². The zero-order valence-electron chi connectivity index (χ0n) is 10.1. The summed E-state index contributed by atoms with van der Waals surface area (Å²) in [4.78, 5) is 11.9. The maximum absolute atomic E-state index is 13.6. The van der Waals surface area contributed by atoms with Crippen LogP contribution in [0.15, 0.2) is 18.2 Å². The molecule has 0 aliphatic heterocycles. The van der Waals surface area contributed by atoms with E-state index in [1.54, 1.807) is 12.1 Å². The fraction of sp³-hybridized carbons (Fsp3) is 0.500. The molecular formula is C14H18FNO. The van der Waals surface area contributed by atoms with Crippen molar-refractivity contribution in [2.45, 2.75) is 39.0 Å². The Morgan fingerprint density at radius 3 is 2.65 bits per heavy atom. The molecule has 1 amide bonds. The van der Waals surface area contributed by atoms with Crippen LogP contribution in [0.1, 0.15) is 37.7 Å². The van der Waals surface area contributed by atoms with Gasteiger partial charge in [-0.15, -0.1) is 0 Å². The van der Waals surface area contributed by atoms with Gasteiger partial charge in [-0.1, -0.05) is 25.3 Å². The van der Waals surface area contributed by atoms with E-state index in [2.05, 4.69) is 5.32 Å². The lowest BCUT2D eigenvalue weighted by molar-refractivity contribution is -0.120. The van der Waals surface area contributed by atoms with Crippen molar-refractivity contribution in [1.29, 1.82) is 0 Å². The number of hydrogen-bond donors (Lipinski definition) is 1. The van der Waals surface area contributed by atoms with Crippen molar-refractivity contribution < 1.29 is 9.18 Å². The first-order valence-electron chi connectivity index (χ1n) is 6.24. The van der Waals surface area contributed by atoms with Crippen LogP contribution in [0.2, 0.25) is 0 Å². The van der Waals surface area contributed by atoms with Crippen LogP contribution in [0.4, 0.5) is 10.1 Å². The van der Waals surface area contributed by atoms with E-state index in [0.29, 0.717) is 5.69 Å². The minimum atomic E-state index is -0.353. The number of carbonyl (C=O) groups is 1. The predicted molar refractivity (Wildman–Crippen MR) is 66.3 cm³/mol. The molecule has 0 saturated heterocycles. The van der Waals surface area contributed by atoms with E-state index in [1.165, 1.54) is 12.5 Å². The zero-order chi connectivity index (χ0) is 12.3. The van der Waals surface area contributed by atoms with Gasteiger partial charge in [0.15, 0.2) is 0 Å². The van der Waals surface area contributed by atoms with Crippen molar-refractivity contribution in [3.8, 4) is 0 Å². The first-order chi connectivity index (χ1) is 8.16. The molecule has 1 N–H and O–H groups in total. The highest BCUT2D eigenvalue weighted by Crippen LogP contribution is 2.25. The largest absolute Gasteiger partial charge is 0.323 e. The topological polar surface area (TPSA) is 29.1 Å². The second-order valence-electron chi connectivity index (χ2n) is 4.81. The fourth-order valence-electron chi connectivity index (χ4n) is 2.32. The minimum Gasteiger partial charge on any atom is -0.323 e. The molecule has 0 unspecified atom stereocenters. The van der Waals surface area contributed by atoms with Crippen LogP contribution >= 0.6 is 0 Å². The summed E-state index contributed by atoms with van der Waals surface area (Å²) in [6.45, 7) is 1.83. The second-order valence-corrected chi connectivity index (χ2v) is 4.81. The quantitative estimate of drug-likeness (QED) is 0.832. The fourth-order valence-corrected chi connectivity index (χ4v) is 2.32. The Bertz CT molecular complexity index is 411. The summed E-state index contributed by atoms with van der Waals surface area (Å²) in [7, 11) is 0. The standard InChI is InChI=1S/C14H18FNO/c1-10-7-8-13(12(15)9-10)16-14(17)11-5-3-2-4-6-11/h7-9,11H,2-6H2,1H3,(H,16,17). The maximum Gasteiger partial charge on any atom is 0.227 e. The van der Waals surface area contributed by atoms with E-state index in [-0.39, 0.29) is 17.6 Å². The van der Waals surface area contributed by atoms with Crippen LogP contribution in [0.3, 0.4) is 0 Å². The molecule has 0 spiro atoms. The van der Waals surface area contributed by atoms with Gasteiger partial charge in [0.1, 0.15) is 5.82 Å². The molecule has 1 aromatic carbocycles. The van der Waals surface area contributed by atoms with Crippen molar-refractivity contribution in [2.75, 3.05) is 5.32 Å². The van der Waals surface area contributed by atoms with Gasteiger partial charge in [-0.2, -0.15) is 0 Å². The molecule has 1 aliphatic carbocycles. The van der Waals surface area contributed by atoms with Crippen molar-refractivity contribution in [2.24, 2.45) is 5.92 Å². The van der Waals surface area contributed by atoms with Crippen LogP contribution in [0.25, 0.3) is 0 Å². The molecule has 2 nitrogen and oxygen atoms in total.